The third-order valence-corrected chi connectivity index (χ3v) is 6.18. The highest BCUT2D eigenvalue weighted by Crippen LogP contribution is 2.26. The topological polar surface area (TPSA) is 97.4 Å². The predicted molar refractivity (Wildman–Crippen MR) is 120 cm³/mol. The molecule has 162 valence electrons. The highest BCUT2D eigenvalue weighted by molar-refractivity contribution is 7.92. The van der Waals surface area contributed by atoms with Crippen LogP contribution in [0.25, 0.3) is 0 Å². The van der Waals surface area contributed by atoms with E-state index in [0.717, 1.165) is 5.56 Å². The van der Waals surface area contributed by atoms with Gasteiger partial charge >= 0.3 is 0 Å². The molecule has 1 aromatic heterocycles. The number of anilines is 1. The summed E-state index contributed by atoms with van der Waals surface area (Å²) in [5, 5.41) is 2.98. The minimum atomic E-state index is -3.93. The summed E-state index contributed by atoms with van der Waals surface area (Å²) in [5.74, 6) is 0.0344. The van der Waals surface area contributed by atoms with E-state index in [1.165, 1.54) is 31.5 Å². The number of carbonyl (C=O) groups excluding carboxylic acids is 1. The molecule has 0 saturated carbocycles. The Morgan fingerprint density at radius 1 is 1.10 bits per heavy atom. The van der Waals surface area contributed by atoms with Crippen LogP contribution in [0, 0.1) is 6.92 Å². The first-order valence-electron chi connectivity index (χ1n) is 9.83. The number of rotatable bonds is 8. The van der Waals surface area contributed by atoms with Gasteiger partial charge in [0.15, 0.2) is 0 Å². The smallest absolute Gasteiger partial charge is 0.263 e. The van der Waals surface area contributed by atoms with Crippen molar-refractivity contribution in [2.75, 3.05) is 11.8 Å². The van der Waals surface area contributed by atoms with Crippen molar-refractivity contribution in [1.82, 2.24) is 10.3 Å². The van der Waals surface area contributed by atoms with Crippen LogP contribution in [-0.2, 0) is 10.0 Å². The van der Waals surface area contributed by atoms with E-state index < -0.39 is 15.9 Å². The molecule has 2 N–H and O–H groups in total. The largest absolute Gasteiger partial charge is 0.497 e. The van der Waals surface area contributed by atoms with Gasteiger partial charge in [0.1, 0.15) is 10.6 Å². The van der Waals surface area contributed by atoms with Crippen LogP contribution in [0.3, 0.4) is 0 Å². The summed E-state index contributed by atoms with van der Waals surface area (Å²) in [7, 11) is -2.44. The molecule has 1 unspecified atom stereocenters. The molecule has 0 radical (unpaired) electrons. The Morgan fingerprint density at radius 2 is 1.84 bits per heavy atom. The second kappa shape index (κ2) is 9.61. The molecule has 3 aromatic rings. The quantitative estimate of drug-likeness (QED) is 0.551. The fourth-order valence-corrected chi connectivity index (χ4v) is 4.11. The monoisotopic (exact) mass is 439 g/mol. The standard InChI is InChI=1S/C23H25N3O4S/c1-4-21(17-8-6-5-7-9-17)25-23(27)20-14-18(30-3)11-13-22(20)26-31(28,29)19-12-10-16(2)24-15-19/h5-15,21,26H,4H2,1-3H3,(H,25,27). The summed E-state index contributed by atoms with van der Waals surface area (Å²) >= 11 is 0. The number of amides is 1. The van der Waals surface area contributed by atoms with Crippen molar-refractivity contribution in [2.45, 2.75) is 31.2 Å². The van der Waals surface area contributed by atoms with Gasteiger partial charge in [0.2, 0.25) is 0 Å². The number of pyridine rings is 1. The lowest BCUT2D eigenvalue weighted by Gasteiger charge is -2.19. The Kier molecular flexibility index (Phi) is 6.91. The zero-order valence-electron chi connectivity index (χ0n) is 17.6. The number of sulfonamides is 1. The van der Waals surface area contributed by atoms with E-state index >= 15 is 0 Å². The number of aryl methyl sites for hydroxylation is 1. The maximum atomic E-state index is 13.1. The van der Waals surface area contributed by atoms with E-state index in [-0.39, 0.29) is 22.2 Å². The number of aromatic nitrogens is 1. The van der Waals surface area contributed by atoms with Gasteiger partial charge < -0.3 is 10.1 Å². The molecule has 0 spiro atoms. The molecular formula is C23H25N3O4S. The molecule has 3 rings (SSSR count). The molecule has 31 heavy (non-hydrogen) atoms. The first-order valence-corrected chi connectivity index (χ1v) is 11.3. The Labute approximate surface area is 182 Å². The van der Waals surface area contributed by atoms with E-state index in [0.29, 0.717) is 17.9 Å². The molecular weight excluding hydrogens is 414 g/mol. The Balaban J connectivity index is 1.92. The van der Waals surface area contributed by atoms with Gasteiger partial charge in [-0.3, -0.25) is 14.5 Å². The van der Waals surface area contributed by atoms with Crippen LogP contribution in [0.5, 0.6) is 5.75 Å². The normalized spacial score (nSPS) is 12.1. The SMILES string of the molecule is CCC(NC(=O)c1cc(OC)ccc1NS(=O)(=O)c1ccc(C)nc1)c1ccccc1. The van der Waals surface area contributed by atoms with Crippen LogP contribution < -0.4 is 14.8 Å². The number of hydrogen-bond acceptors (Lipinski definition) is 5. The van der Waals surface area contributed by atoms with Crippen molar-refractivity contribution in [3.05, 3.63) is 83.7 Å². The van der Waals surface area contributed by atoms with Gasteiger partial charge in [-0.2, -0.15) is 0 Å². The van der Waals surface area contributed by atoms with E-state index in [4.69, 9.17) is 4.74 Å². The fraction of sp³-hybridized carbons (Fsp3) is 0.217. The zero-order chi connectivity index (χ0) is 22.4. The van der Waals surface area contributed by atoms with Crippen LogP contribution in [-0.4, -0.2) is 26.4 Å². The van der Waals surface area contributed by atoms with E-state index in [9.17, 15) is 13.2 Å². The van der Waals surface area contributed by atoms with E-state index in [1.807, 2.05) is 37.3 Å². The van der Waals surface area contributed by atoms with Crippen molar-refractivity contribution >= 4 is 21.6 Å². The lowest BCUT2D eigenvalue weighted by molar-refractivity contribution is 0.0936. The number of methoxy groups -OCH3 is 1. The van der Waals surface area contributed by atoms with Crippen molar-refractivity contribution in [2.24, 2.45) is 0 Å². The summed E-state index contributed by atoms with van der Waals surface area (Å²) in [6, 6.07) is 17.1. The van der Waals surface area contributed by atoms with Crippen LogP contribution in [0.2, 0.25) is 0 Å². The molecule has 0 saturated heterocycles. The number of hydrogen-bond donors (Lipinski definition) is 2. The minimum absolute atomic E-state index is 0.0102. The summed E-state index contributed by atoms with van der Waals surface area (Å²) < 4.78 is 33.4. The van der Waals surface area contributed by atoms with Crippen LogP contribution >= 0.6 is 0 Å². The Bertz CT molecular complexity index is 1150. The van der Waals surface area contributed by atoms with Crippen LogP contribution in [0.1, 0.15) is 41.0 Å². The molecule has 7 nitrogen and oxygen atoms in total. The van der Waals surface area contributed by atoms with Crippen molar-refractivity contribution in [3.63, 3.8) is 0 Å². The first kappa shape index (κ1) is 22.3. The zero-order valence-corrected chi connectivity index (χ0v) is 18.4. The number of ether oxygens (including phenoxy) is 1. The van der Waals surface area contributed by atoms with E-state index in [2.05, 4.69) is 15.0 Å². The molecule has 0 aliphatic rings. The fourth-order valence-electron chi connectivity index (χ4n) is 3.09. The second-order valence-electron chi connectivity index (χ2n) is 7.00. The van der Waals surface area contributed by atoms with Gasteiger partial charge in [-0.25, -0.2) is 8.42 Å². The molecule has 1 atom stereocenters. The number of nitrogens with zero attached hydrogens (tertiary/aromatic N) is 1. The summed E-state index contributed by atoms with van der Waals surface area (Å²) in [6.45, 7) is 3.74. The van der Waals surface area contributed by atoms with Gasteiger partial charge in [0, 0.05) is 11.9 Å². The third-order valence-electron chi connectivity index (χ3n) is 4.83. The molecule has 2 aromatic carbocycles. The summed E-state index contributed by atoms with van der Waals surface area (Å²) in [6.07, 6.45) is 1.96. The average Bonchev–Trinajstić information content (AvgIpc) is 2.78. The molecule has 0 aliphatic heterocycles. The molecule has 0 fully saturated rings. The maximum absolute atomic E-state index is 13.1. The summed E-state index contributed by atoms with van der Waals surface area (Å²) in [5.41, 5.74) is 1.99. The number of carbonyl (C=O) groups is 1. The van der Waals surface area contributed by atoms with Gasteiger partial charge in [-0.1, -0.05) is 37.3 Å². The van der Waals surface area contributed by atoms with Crippen molar-refractivity contribution in [1.29, 1.82) is 0 Å². The van der Waals surface area contributed by atoms with Gasteiger partial charge in [0.05, 0.1) is 24.4 Å². The highest BCUT2D eigenvalue weighted by atomic mass is 32.2. The summed E-state index contributed by atoms with van der Waals surface area (Å²) in [4.78, 5) is 17.2. The predicted octanol–water partition coefficient (Wildman–Crippen LogP) is 4.08. The molecule has 0 aliphatic carbocycles. The lowest BCUT2D eigenvalue weighted by atomic mass is 10.0. The van der Waals surface area contributed by atoms with Gasteiger partial charge in [-0.05, 0) is 49.2 Å². The Morgan fingerprint density at radius 3 is 2.45 bits per heavy atom. The molecule has 0 bridgehead atoms. The van der Waals surface area contributed by atoms with Crippen molar-refractivity contribution < 1.29 is 17.9 Å². The second-order valence-corrected chi connectivity index (χ2v) is 8.68. The Hall–Kier alpha value is -3.39. The van der Waals surface area contributed by atoms with Gasteiger partial charge in [-0.15, -0.1) is 0 Å². The molecule has 1 amide bonds. The van der Waals surface area contributed by atoms with Crippen LogP contribution in [0.4, 0.5) is 5.69 Å². The van der Waals surface area contributed by atoms with E-state index in [1.54, 1.807) is 19.1 Å². The molecule has 1 heterocycles. The lowest BCUT2D eigenvalue weighted by Crippen LogP contribution is -2.29. The number of benzene rings is 2. The van der Waals surface area contributed by atoms with Gasteiger partial charge in [0.25, 0.3) is 15.9 Å². The maximum Gasteiger partial charge on any atom is 0.263 e. The average molecular weight is 440 g/mol. The molecule has 8 heteroatoms. The highest BCUT2D eigenvalue weighted by Gasteiger charge is 2.22. The van der Waals surface area contributed by atoms with Crippen LogP contribution in [0.15, 0.2) is 71.8 Å². The van der Waals surface area contributed by atoms with Crippen molar-refractivity contribution in [3.8, 4) is 5.75 Å². The third kappa shape index (κ3) is 5.40. The minimum Gasteiger partial charge on any atom is -0.497 e. The number of nitrogens with one attached hydrogen (secondary N) is 2. The first-order chi connectivity index (χ1) is 14.8.